The zero-order valence-electron chi connectivity index (χ0n) is 13.5. The van der Waals surface area contributed by atoms with Crippen molar-refractivity contribution in [2.24, 2.45) is 0 Å². The van der Waals surface area contributed by atoms with Gasteiger partial charge in [0.25, 0.3) is 0 Å². The van der Waals surface area contributed by atoms with Gasteiger partial charge in [0.1, 0.15) is 0 Å². The molecule has 0 aromatic heterocycles. The molecule has 3 nitrogen and oxygen atoms in total. The number of nitrogens with one attached hydrogen (secondary N) is 1. The number of thiocarbonyl (C=S) groups is 1. The lowest BCUT2D eigenvalue weighted by molar-refractivity contribution is 0.177. The second-order valence-corrected chi connectivity index (χ2v) is 7.54. The Bertz CT molecular complexity index is 741. The van der Waals surface area contributed by atoms with Gasteiger partial charge in [-0.2, -0.15) is 0 Å². The van der Waals surface area contributed by atoms with Crippen molar-refractivity contribution < 1.29 is 0 Å². The molecule has 2 aromatic rings. The molecule has 1 aliphatic rings. The number of halogens is 3. The standard InChI is InChI=1S/C18H18Cl3N3S/c19-13-3-1-4-14(11-13)22-18(25)24-9-7-23(8-10-24)12-15-16(20)5-2-6-17(15)21/h1-6,11H,7-10,12H2,(H,22,25). The molecule has 1 saturated heterocycles. The molecule has 132 valence electrons. The molecule has 1 fully saturated rings. The highest BCUT2D eigenvalue weighted by molar-refractivity contribution is 7.80. The van der Waals surface area contributed by atoms with Crippen LogP contribution < -0.4 is 5.32 Å². The molecule has 0 aliphatic carbocycles. The van der Waals surface area contributed by atoms with Crippen LogP contribution in [0.15, 0.2) is 42.5 Å². The number of hydrogen-bond acceptors (Lipinski definition) is 2. The topological polar surface area (TPSA) is 18.5 Å². The van der Waals surface area contributed by atoms with Crippen molar-refractivity contribution in [2.45, 2.75) is 6.54 Å². The Kier molecular flexibility index (Phi) is 6.42. The number of nitrogens with zero attached hydrogens (tertiary/aromatic N) is 2. The van der Waals surface area contributed by atoms with Crippen molar-refractivity contribution >= 4 is 57.8 Å². The minimum Gasteiger partial charge on any atom is -0.346 e. The van der Waals surface area contributed by atoms with Gasteiger partial charge in [0.2, 0.25) is 0 Å². The highest BCUT2D eigenvalue weighted by Crippen LogP contribution is 2.26. The maximum Gasteiger partial charge on any atom is 0.173 e. The fourth-order valence-corrected chi connectivity index (χ4v) is 3.79. The number of benzene rings is 2. The smallest absolute Gasteiger partial charge is 0.173 e. The lowest BCUT2D eigenvalue weighted by Crippen LogP contribution is -2.49. The minimum absolute atomic E-state index is 0.689. The molecule has 0 atom stereocenters. The van der Waals surface area contributed by atoms with Gasteiger partial charge in [0.05, 0.1) is 0 Å². The first-order chi connectivity index (χ1) is 12.0. The van der Waals surface area contributed by atoms with Gasteiger partial charge < -0.3 is 10.2 Å². The molecule has 0 radical (unpaired) electrons. The maximum atomic E-state index is 6.27. The van der Waals surface area contributed by atoms with Crippen molar-refractivity contribution in [3.05, 3.63) is 63.1 Å². The molecule has 1 aliphatic heterocycles. The fraction of sp³-hybridized carbons (Fsp3) is 0.278. The van der Waals surface area contributed by atoms with E-state index >= 15 is 0 Å². The van der Waals surface area contributed by atoms with E-state index in [1.807, 2.05) is 42.5 Å². The van der Waals surface area contributed by atoms with E-state index in [9.17, 15) is 0 Å². The molecule has 3 rings (SSSR count). The molecule has 0 amide bonds. The lowest BCUT2D eigenvalue weighted by Gasteiger charge is -2.36. The summed E-state index contributed by atoms with van der Waals surface area (Å²) in [5, 5.41) is 6.09. The third kappa shape index (κ3) is 4.99. The summed E-state index contributed by atoms with van der Waals surface area (Å²) in [6, 6.07) is 13.2. The van der Waals surface area contributed by atoms with E-state index in [2.05, 4.69) is 15.1 Å². The van der Waals surface area contributed by atoms with E-state index in [0.717, 1.165) is 49.1 Å². The van der Waals surface area contributed by atoms with Crippen molar-refractivity contribution in [3.8, 4) is 0 Å². The number of hydrogen-bond donors (Lipinski definition) is 1. The average Bonchev–Trinajstić information content (AvgIpc) is 2.59. The zero-order valence-corrected chi connectivity index (χ0v) is 16.6. The third-order valence-corrected chi connectivity index (χ3v) is 5.48. The van der Waals surface area contributed by atoms with Crippen LogP contribution in [0.2, 0.25) is 15.1 Å². The van der Waals surface area contributed by atoms with Gasteiger partial charge in [-0.3, -0.25) is 4.90 Å². The number of piperazine rings is 1. The number of rotatable bonds is 3. The number of anilines is 1. The van der Waals surface area contributed by atoms with Gasteiger partial charge in [-0.05, 0) is 42.5 Å². The second kappa shape index (κ2) is 8.56. The zero-order chi connectivity index (χ0) is 17.8. The van der Waals surface area contributed by atoms with Gasteiger partial charge in [-0.15, -0.1) is 0 Å². The minimum atomic E-state index is 0.689. The Balaban J connectivity index is 1.54. The summed E-state index contributed by atoms with van der Waals surface area (Å²) in [4.78, 5) is 4.51. The van der Waals surface area contributed by atoms with Crippen LogP contribution in [-0.2, 0) is 6.54 Å². The van der Waals surface area contributed by atoms with Crippen LogP contribution in [0, 0.1) is 0 Å². The largest absolute Gasteiger partial charge is 0.346 e. The predicted octanol–water partition coefficient (Wildman–Crippen LogP) is 5.16. The van der Waals surface area contributed by atoms with E-state index in [-0.39, 0.29) is 0 Å². The van der Waals surface area contributed by atoms with Crippen LogP contribution in [0.5, 0.6) is 0 Å². The molecule has 25 heavy (non-hydrogen) atoms. The summed E-state index contributed by atoms with van der Waals surface area (Å²) < 4.78 is 0. The van der Waals surface area contributed by atoms with Crippen molar-refractivity contribution in [1.82, 2.24) is 9.80 Å². The fourth-order valence-electron chi connectivity index (χ4n) is 2.78. The highest BCUT2D eigenvalue weighted by Gasteiger charge is 2.20. The van der Waals surface area contributed by atoms with E-state index in [0.29, 0.717) is 15.1 Å². The quantitative estimate of drug-likeness (QED) is 0.699. The SMILES string of the molecule is S=C(Nc1cccc(Cl)c1)N1CCN(Cc2c(Cl)cccc2Cl)CC1. The highest BCUT2D eigenvalue weighted by atomic mass is 35.5. The van der Waals surface area contributed by atoms with Crippen LogP contribution in [0.4, 0.5) is 5.69 Å². The Hall–Kier alpha value is -1.04. The summed E-state index contributed by atoms with van der Waals surface area (Å²) in [5.41, 5.74) is 1.89. The Morgan fingerprint density at radius 1 is 0.960 bits per heavy atom. The van der Waals surface area contributed by atoms with Crippen molar-refractivity contribution in [1.29, 1.82) is 0 Å². The van der Waals surface area contributed by atoms with Crippen LogP contribution >= 0.6 is 47.0 Å². The van der Waals surface area contributed by atoms with E-state index in [1.54, 1.807) is 0 Å². The molecular weight excluding hydrogens is 397 g/mol. The van der Waals surface area contributed by atoms with E-state index in [1.165, 1.54) is 0 Å². The summed E-state index contributed by atoms with van der Waals surface area (Å²) in [5.74, 6) is 0. The summed E-state index contributed by atoms with van der Waals surface area (Å²) in [6.07, 6.45) is 0. The Labute approximate surface area is 168 Å². The average molecular weight is 415 g/mol. The first kappa shape index (κ1) is 18.7. The first-order valence-corrected chi connectivity index (χ1v) is 9.54. The van der Waals surface area contributed by atoms with E-state index in [4.69, 9.17) is 47.0 Å². The van der Waals surface area contributed by atoms with Crippen molar-refractivity contribution in [2.75, 3.05) is 31.5 Å². The van der Waals surface area contributed by atoms with Gasteiger partial charge >= 0.3 is 0 Å². The second-order valence-electron chi connectivity index (χ2n) is 5.90. The maximum absolute atomic E-state index is 6.27. The van der Waals surface area contributed by atoms with E-state index < -0.39 is 0 Å². The van der Waals surface area contributed by atoms with Crippen LogP contribution in [0.1, 0.15) is 5.56 Å². The molecule has 0 saturated carbocycles. The molecule has 0 unspecified atom stereocenters. The van der Waals surface area contributed by atoms with Gasteiger partial charge in [-0.25, -0.2) is 0 Å². The van der Waals surface area contributed by atoms with Gasteiger partial charge in [-0.1, -0.05) is 46.9 Å². The summed E-state index contributed by atoms with van der Waals surface area (Å²) in [7, 11) is 0. The Morgan fingerprint density at radius 2 is 1.60 bits per heavy atom. The molecule has 0 bridgehead atoms. The molecule has 0 spiro atoms. The predicted molar refractivity (Wildman–Crippen MR) is 111 cm³/mol. The van der Waals surface area contributed by atoms with Crippen LogP contribution in [-0.4, -0.2) is 41.1 Å². The Morgan fingerprint density at radius 3 is 2.24 bits per heavy atom. The van der Waals surface area contributed by atoms with Crippen molar-refractivity contribution in [3.63, 3.8) is 0 Å². The lowest BCUT2D eigenvalue weighted by atomic mass is 10.2. The van der Waals surface area contributed by atoms with Crippen LogP contribution in [0.3, 0.4) is 0 Å². The molecular formula is C18H18Cl3N3S. The molecule has 2 aromatic carbocycles. The molecule has 1 heterocycles. The normalized spacial score (nSPS) is 15.2. The van der Waals surface area contributed by atoms with Gasteiger partial charge in [0, 0.05) is 59.0 Å². The third-order valence-electron chi connectivity index (χ3n) is 4.18. The van der Waals surface area contributed by atoms with Crippen LogP contribution in [0.25, 0.3) is 0 Å². The molecule has 7 heteroatoms. The molecule has 1 N–H and O–H groups in total. The summed E-state index contributed by atoms with van der Waals surface area (Å²) >= 11 is 24.1. The van der Waals surface area contributed by atoms with Gasteiger partial charge in [0.15, 0.2) is 5.11 Å². The summed E-state index contributed by atoms with van der Waals surface area (Å²) in [6.45, 7) is 4.27. The monoisotopic (exact) mass is 413 g/mol. The first-order valence-electron chi connectivity index (χ1n) is 7.99.